The van der Waals surface area contributed by atoms with Crippen molar-refractivity contribution < 1.29 is 19.4 Å². The Morgan fingerprint density at radius 2 is 2.00 bits per heavy atom. The molecule has 0 bridgehead atoms. The van der Waals surface area contributed by atoms with Crippen LogP contribution in [-0.4, -0.2) is 41.1 Å². The molecule has 1 heterocycles. The van der Waals surface area contributed by atoms with Crippen molar-refractivity contribution in [3.8, 4) is 5.75 Å². The van der Waals surface area contributed by atoms with Crippen LogP contribution in [0.5, 0.6) is 5.75 Å². The standard InChI is InChI=1S/C15H19NO4/c17-14(7-4-8-15(18)19)16-10-9-13(11-16)20-12-5-2-1-3-6-12/h1-3,5-6,13H,4,7-11H2,(H,18,19)/t13-/m0/s1. The molecule has 1 atom stereocenters. The number of carboxylic acids is 1. The Kier molecular flexibility index (Phi) is 4.98. The number of hydrogen-bond donors (Lipinski definition) is 1. The molecule has 108 valence electrons. The minimum absolute atomic E-state index is 0.0189. The van der Waals surface area contributed by atoms with Gasteiger partial charge in [0.2, 0.25) is 5.91 Å². The summed E-state index contributed by atoms with van der Waals surface area (Å²) in [5.74, 6) is -0.0207. The zero-order valence-electron chi connectivity index (χ0n) is 11.3. The molecule has 0 aromatic heterocycles. The van der Waals surface area contributed by atoms with E-state index in [-0.39, 0.29) is 18.4 Å². The molecule has 0 radical (unpaired) electrons. The molecule has 20 heavy (non-hydrogen) atoms. The van der Waals surface area contributed by atoms with E-state index in [9.17, 15) is 9.59 Å². The minimum Gasteiger partial charge on any atom is -0.489 e. The zero-order valence-corrected chi connectivity index (χ0v) is 11.3. The first kappa shape index (κ1) is 14.4. The molecule has 1 fully saturated rings. The summed E-state index contributed by atoms with van der Waals surface area (Å²) < 4.78 is 5.81. The third kappa shape index (κ3) is 4.26. The Morgan fingerprint density at radius 1 is 1.25 bits per heavy atom. The number of para-hydroxylation sites is 1. The molecule has 0 spiro atoms. The van der Waals surface area contributed by atoms with Crippen LogP contribution in [0.2, 0.25) is 0 Å². The van der Waals surface area contributed by atoms with Gasteiger partial charge in [-0.1, -0.05) is 18.2 Å². The molecule has 1 aromatic carbocycles. The number of likely N-dealkylation sites (tertiary alicyclic amines) is 1. The maximum Gasteiger partial charge on any atom is 0.303 e. The van der Waals surface area contributed by atoms with E-state index in [0.717, 1.165) is 12.2 Å². The summed E-state index contributed by atoms with van der Waals surface area (Å²) in [4.78, 5) is 24.1. The molecular weight excluding hydrogens is 258 g/mol. The van der Waals surface area contributed by atoms with Crippen molar-refractivity contribution in [3.63, 3.8) is 0 Å². The number of nitrogens with zero attached hydrogens (tertiary/aromatic N) is 1. The van der Waals surface area contributed by atoms with Crippen LogP contribution in [0.1, 0.15) is 25.7 Å². The summed E-state index contributed by atoms with van der Waals surface area (Å²) in [7, 11) is 0. The van der Waals surface area contributed by atoms with Gasteiger partial charge in [0.05, 0.1) is 6.54 Å². The maximum atomic E-state index is 11.9. The topological polar surface area (TPSA) is 66.8 Å². The first-order valence-corrected chi connectivity index (χ1v) is 6.86. The Morgan fingerprint density at radius 3 is 2.70 bits per heavy atom. The highest BCUT2D eigenvalue weighted by Gasteiger charge is 2.27. The van der Waals surface area contributed by atoms with Gasteiger partial charge >= 0.3 is 5.97 Å². The molecule has 1 saturated heterocycles. The van der Waals surface area contributed by atoms with E-state index in [2.05, 4.69) is 0 Å². The van der Waals surface area contributed by atoms with Crippen LogP contribution < -0.4 is 4.74 Å². The number of hydrogen-bond acceptors (Lipinski definition) is 3. The van der Waals surface area contributed by atoms with Crippen LogP contribution in [0.4, 0.5) is 0 Å². The van der Waals surface area contributed by atoms with E-state index in [1.165, 1.54) is 0 Å². The molecule has 1 aliphatic rings. The molecule has 1 aliphatic heterocycles. The average Bonchev–Trinajstić information content (AvgIpc) is 2.88. The zero-order chi connectivity index (χ0) is 14.4. The maximum absolute atomic E-state index is 11.9. The Bertz CT molecular complexity index is 460. The highest BCUT2D eigenvalue weighted by molar-refractivity contribution is 5.77. The van der Waals surface area contributed by atoms with Crippen LogP contribution in [-0.2, 0) is 9.59 Å². The van der Waals surface area contributed by atoms with Crippen LogP contribution in [0.15, 0.2) is 30.3 Å². The number of benzene rings is 1. The lowest BCUT2D eigenvalue weighted by molar-refractivity contribution is -0.137. The summed E-state index contributed by atoms with van der Waals surface area (Å²) in [5.41, 5.74) is 0. The van der Waals surface area contributed by atoms with Gasteiger partial charge in [-0.3, -0.25) is 9.59 Å². The van der Waals surface area contributed by atoms with Gasteiger partial charge in [-0.2, -0.15) is 0 Å². The molecule has 2 rings (SSSR count). The second-order valence-electron chi connectivity index (χ2n) is 4.93. The smallest absolute Gasteiger partial charge is 0.303 e. The molecule has 1 amide bonds. The Balaban J connectivity index is 1.74. The van der Waals surface area contributed by atoms with Gasteiger partial charge in [-0.15, -0.1) is 0 Å². The molecule has 0 saturated carbocycles. The lowest BCUT2D eigenvalue weighted by atomic mass is 10.2. The monoisotopic (exact) mass is 277 g/mol. The van der Waals surface area contributed by atoms with Crippen LogP contribution >= 0.6 is 0 Å². The van der Waals surface area contributed by atoms with Gasteiger partial charge in [0.1, 0.15) is 11.9 Å². The SMILES string of the molecule is O=C(O)CCCC(=O)N1CC[C@H](Oc2ccccc2)C1. The molecule has 1 N–H and O–H groups in total. The third-order valence-corrected chi connectivity index (χ3v) is 3.32. The van der Waals surface area contributed by atoms with Gasteiger partial charge in [0.25, 0.3) is 0 Å². The van der Waals surface area contributed by atoms with E-state index >= 15 is 0 Å². The quantitative estimate of drug-likeness (QED) is 0.862. The fraction of sp³-hybridized carbons (Fsp3) is 0.467. The van der Waals surface area contributed by atoms with E-state index in [1.54, 1.807) is 4.90 Å². The van der Waals surface area contributed by atoms with Gasteiger partial charge in [0, 0.05) is 25.8 Å². The molecule has 0 aliphatic carbocycles. The predicted molar refractivity (Wildman–Crippen MR) is 73.5 cm³/mol. The van der Waals surface area contributed by atoms with Crippen LogP contribution in [0.3, 0.4) is 0 Å². The fourth-order valence-corrected chi connectivity index (χ4v) is 2.29. The Labute approximate surface area is 118 Å². The number of carbonyl (C=O) groups is 2. The minimum atomic E-state index is -0.857. The van der Waals surface area contributed by atoms with Crippen molar-refractivity contribution in [2.45, 2.75) is 31.8 Å². The van der Waals surface area contributed by atoms with Crippen molar-refractivity contribution in [3.05, 3.63) is 30.3 Å². The predicted octanol–water partition coefficient (Wildman–Crippen LogP) is 1.92. The molecule has 0 unspecified atom stereocenters. The number of rotatable bonds is 6. The van der Waals surface area contributed by atoms with E-state index in [0.29, 0.717) is 25.9 Å². The lowest BCUT2D eigenvalue weighted by Crippen LogP contribution is -2.30. The number of carbonyl (C=O) groups excluding carboxylic acids is 1. The van der Waals surface area contributed by atoms with E-state index < -0.39 is 5.97 Å². The summed E-state index contributed by atoms with van der Waals surface area (Å²) >= 11 is 0. The van der Waals surface area contributed by atoms with Gasteiger partial charge in [0.15, 0.2) is 0 Å². The highest BCUT2D eigenvalue weighted by atomic mass is 16.5. The summed E-state index contributed by atoms with van der Waals surface area (Å²) in [6.07, 6.45) is 1.59. The van der Waals surface area contributed by atoms with Gasteiger partial charge in [-0.05, 0) is 18.6 Å². The van der Waals surface area contributed by atoms with Crippen molar-refractivity contribution in [1.82, 2.24) is 4.90 Å². The van der Waals surface area contributed by atoms with E-state index in [1.807, 2.05) is 30.3 Å². The highest BCUT2D eigenvalue weighted by Crippen LogP contribution is 2.18. The first-order chi connectivity index (χ1) is 9.65. The van der Waals surface area contributed by atoms with E-state index in [4.69, 9.17) is 9.84 Å². The second kappa shape index (κ2) is 6.93. The van der Waals surface area contributed by atoms with Gasteiger partial charge < -0.3 is 14.7 Å². The summed E-state index contributed by atoms with van der Waals surface area (Å²) in [6, 6.07) is 9.56. The molecule has 1 aromatic rings. The normalized spacial score (nSPS) is 18.0. The third-order valence-electron chi connectivity index (χ3n) is 3.32. The molecule has 5 heteroatoms. The Hall–Kier alpha value is -2.04. The lowest BCUT2D eigenvalue weighted by Gasteiger charge is -2.17. The number of aliphatic carboxylic acids is 1. The summed E-state index contributed by atoms with van der Waals surface area (Å²) in [5, 5.41) is 8.55. The number of ether oxygens (including phenoxy) is 1. The van der Waals surface area contributed by atoms with Crippen molar-refractivity contribution >= 4 is 11.9 Å². The van der Waals surface area contributed by atoms with Crippen molar-refractivity contribution in [2.75, 3.05) is 13.1 Å². The second-order valence-corrected chi connectivity index (χ2v) is 4.93. The molecular formula is C15H19NO4. The van der Waals surface area contributed by atoms with Gasteiger partial charge in [-0.25, -0.2) is 0 Å². The van der Waals surface area contributed by atoms with Crippen molar-refractivity contribution in [1.29, 1.82) is 0 Å². The van der Waals surface area contributed by atoms with Crippen molar-refractivity contribution in [2.24, 2.45) is 0 Å². The van der Waals surface area contributed by atoms with Crippen LogP contribution in [0.25, 0.3) is 0 Å². The van der Waals surface area contributed by atoms with Crippen LogP contribution in [0, 0.1) is 0 Å². The number of amides is 1. The fourth-order valence-electron chi connectivity index (χ4n) is 2.29. The average molecular weight is 277 g/mol. The number of carboxylic acid groups (broad SMARTS) is 1. The first-order valence-electron chi connectivity index (χ1n) is 6.86. The summed E-state index contributed by atoms with van der Waals surface area (Å²) in [6.45, 7) is 1.27. The molecule has 5 nitrogen and oxygen atoms in total. The largest absolute Gasteiger partial charge is 0.489 e.